The molecule has 0 atom stereocenters. The zero-order chi connectivity index (χ0) is 13.1. The highest BCUT2D eigenvalue weighted by Crippen LogP contribution is 2.30. The van der Waals surface area contributed by atoms with Crippen molar-refractivity contribution >= 4 is 17.2 Å². The maximum atomic E-state index is 12.9. The van der Waals surface area contributed by atoms with E-state index in [1.165, 1.54) is 49.5 Å². The van der Waals surface area contributed by atoms with Crippen LogP contribution >= 0.6 is 11.3 Å². The Morgan fingerprint density at radius 1 is 1.26 bits per heavy atom. The van der Waals surface area contributed by atoms with Gasteiger partial charge in [0.1, 0.15) is 5.82 Å². The third kappa shape index (κ3) is 2.97. The molecule has 0 aromatic carbocycles. The highest BCUT2D eigenvalue weighted by atomic mass is 32.1. The molecule has 0 saturated heterocycles. The first-order valence-electron chi connectivity index (χ1n) is 6.84. The van der Waals surface area contributed by atoms with Gasteiger partial charge in [-0.2, -0.15) is 9.49 Å². The third-order valence-corrected chi connectivity index (χ3v) is 4.54. The average Bonchev–Trinajstić information content (AvgIpc) is 3.06. The molecule has 0 aliphatic heterocycles. The summed E-state index contributed by atoms with van der Waals surface area (Å²) in [6, 6.07) is 5.86. The normalized spacial score (nSPS) is 16.7. The average molecular weight is 279 g/mol. The van der Waals surface area contributed by atoms with E-state index in [-0.39, 0.29) is 5.13 Å². The van der Waals surface area contributed by atoms with E-state index in [4.69, 9.17) is 0 Å². The van der Waals surface area contributed by atoms with Gasteiger partial charge >= 0.3 is 0 Å². The van der Waals surface area contributed by atoms with E-state index >= 15 is 0 Å². The highest BCUT2D eigenvalue weighted by molar-refractivity contribution is 7.10. The van der Waals surface area contributed by atoms with Crippen molar-refractivity contribution in [3.8, 4) is 0 Å². The summed E-state index contributed by atoms with van der Waals surface area (Å²) in [4.78, 5) is 1.01. The topological polar surface area (TPSA) is 29.9 Å². The molecule has 19 heavy (non-hydrogen) atoms. The van der Waals surface area contributed by atoms with Gasteiger partial charge in [-0.3, -0.25) is 0 Å². The summed E-state index contributed by atoms with van der Waals surface area (Å²) < 4.78 is 15.0. The van der Waals surface area contributed by atoms with Gasteiger partial charge in [0.15, 0.2) is 5.13 Å². The van der Waals surface area contributed by atoms with Crippen molar-refractivity contribution < 1.29 is 4.39 Å². The number of nitrogens with zero attached hydrogens (tertiary/aromatic N) is 2. The van der Waals surface area contributed by atoms with Crippen LogP contribution in [0, 0.1) is 5.13 Å². The van der Waals surface area contributed by atoms with Crippen molar-refractivity contribution in [3.63, 3.8) is 0 Å². The van der Waals surface area contributed by atoms with E-state index < -0.39 is 0 Å². The maximum absolute atomic E-state index is 12.9. The SMILES string of the molecule is Fc1ccc(CNc2ccnn2C2CCCCC2)s1. The van der Waals surface area contributed by atoms with Crippen LogP contribution in [-0.4, -0.2) is 9.78 Å². The van der Waals surface area contributed by atoms with E-state index in [2.05, 4.69) is 15.1 Å². The number of anilines is 1. The minimum absolute atomic E-state index is 0.127. The predicted octanol–water partition coefficient (Wildman–Crippen LogP) is 4.20. The van der Waals surface area contributed by atoms with E-state index in [1.807, 2.05) is 18.3 Å². The number of hydrogen-bond donors (Lipinski definition) is 1. The molecule has 1 aliphatic carbocycles. The van der Waals surface area contributed by atoms with Crippen LogP contribution < -0.4 is 5.32 Å². The molecule has 3 rings (SSSR count). The van der Waals surface area contributed by atoms with E-state index in [0.29, 0.717) is 12.6 Å². The third-order valence-electron chi connectivity index (χ3n) is 3.66. The Morgan fingerprint density at radius 2 is 2.11 bits per heavy atom. The Kier molecular flexibility index (Phi) is 3.82. The smallest absolute Gasteiger partial charge is 0.176 e. The lowest BCUT2D eigenvalue weighted by molar-refractivity contribution is 0.332. The molecule has 5 heteroatoms. The standard InChI is InChI=1S/C14H18FN3S/c15-13-7-6-12(19-13)10-16-14-8-9-17-18(14)11-4-2-1-3-5-11/h6-9,11,16H,1-5,10H2. The summed E-state index contributed by atoms with van der Waals surface area (Å²) in [5.41, 5.74) is 0. The van der Waals surface area contributed by atoms with Gasteiger partial charge in [0.25, 0.3) is 0 Å². The zero-order valence-corrected chi connectivity index (χ0v) is 11.6. The van der Waals surface area contributed by atoms with Crippen LogP contribution in [0.1, 0.15) is 43.0 Å². The lowest BCUT2D eigenvalue weighted by Crippen LogP contribution is -2.16. The number of thiophene rings is 1. The molecule has 0 amide bonds. The Morgan fingerprint density at radius 3 is 2.84 bits per heavy atom. The van der Waals surface area contributed by atoms with E-state index in [0.717, 1.165) is 10.7 Å². The molecule has 2 heterocycles. The lowest BCUT2D eigenvalue weighted by Gasteiger charge is -2.24. The fourth-order valence-corrected chi connectivity index (χ4v) is 3.36. The van der Waals surface area contributed by atoms with Gasteiger partial charge in [0.2, 0.25) is 0 Å². The highest BCUT2D eigenvalue weighted by Gasteiger charge is 2.18. The molecule has 1 fully saturated rings. The molecule has 1 saturated carbocycles. The predicted molar refractivity (Wildman–Crippen MR) is 76.0 cm³/mol. The van der Waals surface area contributed by atoms with Crippen LogP contribution in [0.25, 0.3) is 0 Å². The van der Waals surface area contributed by atoms with Crippen molar-refractivity contribution in [1.82, 2.24) is 9.78 Å². The second-order valence-corrected chi connectivity index (χ2v) is 6.13. The molecule has 2 aromatic rings. The van der Waals surface area contributed by atoms with Gasteiger partial charge in [-0.25, -0.2) is 4.68 Å². The van der Waals surface area contributed by atoms with Crippen LogP contribution in [0.15, 0.2) is 24.4 Å². The first-order valence-corrected chi connectivity index (χ1v) is 7.66. The minimum atomic E-state index is -0.127. The summed E-state index contributed by atoms with van der Waals surface area (Å²) >= 11 is 1.19. The summed E-state index contributed by atoms with van der Waals surface area (Å²) in [6.07, 6.45) is 8.19. The Hall–Kier alpha value is -1.36. The zero-order valence-electron chi connectivity index (χ0n) is 10.8. The second-order valence-electron chi connectivity index (χ2n) is 5.01. The van der Waals surface area contributed by atoms with Gasteiger partial charge in [-0.05, 0) is 25.0 Å². The molecule has 2 aromatic heterocycles. The summed E-state index contributed by atoms with van der Waals surface area (Å²) in [5.74, 6) is 1.04. The maximum Gasteiger partial charge on any atom is 0.176 e. The fraction of sp³-hybridized carbons (Fsp3) is 0.500. The lowest BCUT2D eigenvalue weighted by atomic mass is 9.96. The van der Waals surface area contributed by atoms with Crippen LogP contribution in [0.2, 0.25) is 0 Å². The molecular formula is C14H18FN3S. The second kappa shape index (κ2) is 5.74. The van der Waals surface area contributed by atoms with Crippen LogP contribution in [0.5, 0.6) is 0 Å². The first kappa shape index (κ1) is 12.7. The van der Waals surface area contributed by atoms with Crippen molar-refractivity contribution in [2.75, 3.05) is 5.32 Å². The van der Waals surface area contributed by atoms with Crippen LogP contribution in [0.3, 0.4) is 0 Å². The molecule has 0 spiro atoms. The van der Waals surface area contributed by atoms with Crippen molar-refractivity contribution in [3.05, 3.63) is 34.4 Å². The minimum Gasteiger partial charge on any atom is -0.365 e. The van der Waals surface area contributed by atoms with Gasteiger partial charge in [0.05, 0.1) is 18.8 Å². The first-order chi connectivity index (χ1) is 9.33. The number of rotatable bonds is 4. The summed E-state index contributed by atoms with van der Waals surface area (Å²) in [6.45, 7) is 0.660. The Labute approximate surface area is 116 Å². The Balaban J connectivity index is 1.66. The van der Waals surface area contributed by atoms with Crippen LogP contribution in [0.4, 0.5) is 10.2 Å². The Bertz CT molecular complexity index is 528. The number of nitrogens with one attached hydrogen (secondary N) is 1. The number of aromatic nitrogens is 2. The van der Waals surface area contributed by atoms with Crippen LogP contribution in [-0.2, 0) is 6.54 Å². The largest absolute Gasteiger partial charge is 0.365 e. The number of hydrogen-bond acceptors (Lipinski definition) is 3. The monoisotopic (exact) mass is 279 g/mol. The molecule has 1 N–H and O–H groups in total. The van der Waals surface area contributed by atoms with E-state index in [1.54, 1.807) is 0 Å². The molecule has 102 valence electrons. The van der Waals surface area contributed by atoms with E-state index in [9.17, 15) is 4.39 Å². The van der Waals surface area contributed by atoms with Crippen molar-refractivity contribution in [2.45, 2.75) is 44.7 Å². The molecular weight excluding hydrogens is 261 g/mol. The van der Waals surface area contributed by atoms with Gasteiger partial charge in [0, 0.05) is 10.9 Å². The molecule has 0 unspecified atom stereocenters. The van der Waals surface area contributed by atoms with Gasteiger partial charge < -0.3 is 5.32 Å². The fourth-order valence-electron chi connectivity index (χ4n) is 2.70. The summed E-state index contributed by atoms with van der Waals surface area (Å²) in [7, 11) is 0. The van der Waals surface area contributed by atoms with Crippen molar-refractivity contribution in [2.24, 2.45) is 0 Å². The molecule has 3 nitrogen and oxygen atoms in total. The van der Waals surface area contributed by atoms with Crippen molar-refractivity contribution in [1.29, 1.82) is 0 Å². The quantitative estimate of drug-likeness (QED) is 0.909. The number of halogens is 1. The van der Waals surface area contributed by atoms with Gasteiger partial charge in [-0.1, -0.05) is 19.3 Å². The summed E-state index contributed by atoms with van der Waals surface area (Å²) in [5, 5.41) is 7.68. The molecule has 0 bridgehead atoms. The molecule has 0 radical (unpaired) electrons. The van der Waals surface area contributed by atoms with Gasteiger partial charge in [-0.15, -0.1) is 11.3 Å². The molecule has 1 aliphatic rings.